The SMILES string of the molecule is Cc1ccc(COc2ccc(COC(=O)[C@H](CC(C)C)NC(=O)OCC3c4ccccc4-c4ccccc43)cc2)cc1. The number of carbonyl (C=O) groups excluding carboxylic acids is 2. The summed E-state index contributed by atoms with van der Waals surface area (Å²) in [4.78, 5) is 25.9. The molecule has 0 spiro atoms. The number of ether oxygens (including phenoxy) is 3. The van der Waals surface area contributed by atoms with Crippen LogP contribution in [-0.4, -0.2) is 24.7 Å². The zero-order chi connectivity index (χ0) is 29.5. The molecule has 4 aromatic rings. The van der Waals surface area contributed by atoms with E-state index in [1.165, 1.54) is 5.56 Å². The average Bonchev–Trinajstić information content (AvgIpc) is 3.32. The Morgan fingerprint density at radius 2 is 1.31 bits per heavy atom. The number of fused-ring (bicyclic) bond motifs is 3. The van der Waals surface area contributed by atoms with Crippen LogP contribution in [0.3, 0.4) is 0 Å². The van der Waals surface area contributed by atoms with E-state index in [0.29, 0.717) is 13.0 Å². The van der Waals surface area contributed by atoms with Crippen molar-refractivity contribution in [3.8, 4) is 16.9 Å². The number of aryl methyl sites for hydroxylation is 1. The number of amides is 1. The van der Waals surface area contributed by atoms with E-state index in [2.05, 4.69) is 48.6 Å². The van der Waals surface area contributed by atoms with Crippen LogP contribution in [0.4, 0.5) is 4.79 Å². The Hall–Kier alpha value is -4.58. The summed E-state index contributed by atoms with van der Waals surface area (Å²) >= 11 is 0. The van der Waals surface area contributed by atoms with Gasteiger partial charge in [-0.05, 0) is 64.8 Å². The molecule has 1 N–H and O–H groups in total. The smallest absolute Gasteiger partial charge is 0.407 e. The van der Waals surface area contributed by atoms with Crippen LogP contribution in [0.15, 0.2) is 97.1 Å². The van der Waals surface area contributed by atoms with Crippen molar-refractivity contribution in [2.24, 2.45) is 5.92 Å². The first kappa shape index (κ1) is 28.9. The van der Waals surface area contributed by atoms with Gasteiger partial charge in [-0.1, -0.05) is 104 Å². The maximum Gasteiger partial charge on any atom is 0.407 e. The number of hydrogen-bond acceptors (Lipinski definition) is 5. The maximum atomic E-state index is 13.0. The Morgan fingerprint density at radius 3 is 1.93 bits per heavy atom. The van der Waals surface area contributed by atoms with E-state index in [9.17, 15) is 9.59 Å². The predicted octanol–water partition coefficient (Wildman–Crippen LogP) is 7.57. The first-order valence-electron chi connectivity index (χ1n) is 14.4. The van der Waals surface area contributed by atoms with E-state index in [4.69, 9.17) is 14.2 Å². The Bertz CT molecular complexity index is 1470. The standard InChI is InChI=1S/C36H37NO5/c1-24(2)20-34(35(38)41-22-27-16-18-28(19-17-27)40-21-26-14-12-25(3)13-15-26)37-36(39)42-23-33-31-10-6-4-8-29(31)30-9-5-7-11-32(30)33/h4-19,24,33-34H,20-23H2,1-3H3,(H,37,39)/t34-/m0/s1. The number of carbonyl (C=O) groups is 2. The molecule has 0 fully saturated rings. The van der Waals surface area contributed by atoms with Crippen LogP contribution in [0.5, 0.6) is 5.75 Å². The second-order valence-corrected chi connectivity index (χ2v) is 11.2. The van der Waals surface area contributed by atoms with E-state index in [0.717, 1.165) is 39.1 Å². The maximum absolute atomic E-state index is 13.0. The van der Waals surface area contributed by atoms with Crippen molar-refractivity contribution < 1.29 is 23.8 Å². The molecule has 1 amide bonds. The minimum absolute atomic E-state index is 0.0532. The van der Waals surface area contributed by atoms with Crippen molar-refractivity contribution in [3.63, 3.8) is 0 Å². The minimum Gasteiger partial charge on any atom is -0.489 e. The summed E-state index contributed by atoms with van der Waals surface area (Å²) in [6.07, 6.45) is -0.191. The third kappa shape index (κ3) is 7.19. The van der Waals surface area contributed by atoms with Crippen LogP contribution in [0, 0.1) is 12.8 Å². The number of hydrogen-bond donors (Lipinski definition) is 1. The molecule has 0 unspecified atom stereocenters. The van der Waals surface area contributed by atoms with Crippen molar-refractivity contribution in [1.82, 2.24) is 5.32 Å². The Morgan fingerprint density at radius 1 is 0.738 bits per heavy atom. The molecule has 0 aromatic heterocycles. The van der Waals surface area contributed by atoms with Gasteiger partial charge in [-0.3, -0.25) is 0 Å². The summed E-state index contributed by atoms with van der Waals surface area (Å²) in [7, 11) is 0. The van der Waals surface area contributed by atoms with Gasteiger partial charge in [0.25, 0.3) is 0 Å². The topological polar surface area (TPSA) is 73.9 Å². The highest BCUT2D eigenvalue weighted by molar-refractivity contribution is 5.82. The highest BCUT2D eigenvalue weighted by atomic mass is 16.6. The van der Waals surface area contributed by atoms with Crippen LogP contribution in [0.1, 0.15) is 54.0 Å². The van der Waals surface area contributed by atoms with Crippen molar-refractivity contribution in [2.75, 3.05) is 6.61 Å². The van der Waals surface area contributed by atoms with Gasteiger partial charge >= 0.3 is 12.1 Å². The van der Waals surface area contributed by atoms with Gasteiger partial charge in [-0.2, -0.15) is 0 Å². The van der Waals surface area contributed by atoms with Gasteiger partial charge in [0, 0.05) is 5.92 Å². The zero-order valence-corrected chi connectivity index (χ0v) is 24.3. The predicted molar refractivity (Wildman–Crippen MR) is 163 cm³/mol. The quantitative estimate of drug-likeness (QED) is 0.191. The lowest BCUT2D eigenvalue weighted by Gasteiger charge is -2.20. The number of rotatable bonds is 11. The molecule has 0 heterocycles. The summed E-state index contributed by atoms with van der Waals surface area (Å²) in [6.45, 7) is 6.80. The van der Waals surface area contributed by atoms with Crippen LogP contribution >= 0.6 is 0 Å². The fourth-order valence-electron chi connectivity index (χ4n) is 5.26. The molecule has 0 saturated carbocycles. The lowest BCUT2D eigenvalue weighted by atomic mass is 9.98. The normalized spacial score (nSPS) is 12.8. The summed E-state index contributed by atoms with van der Waals surface area (Å²) in [5, 5.41) is 2.75. The number of nitrogens with one attached hydrogen (secondary N) is 1. The van der Waals surface area contributed by atoms with E-state index in [-0.39, 0.29) is 25.0 Å². The monoisotopic (exact) mass is 563 g/mol. The molecular formula is C36H37NO5. The van der Waals surface area contributed by atoms with Crippen LogP contribution < -0.4 is 10.1 Å². The Balaban J connectivity index is 1.13. The molecule has 0 aliphatic heterocycles. The lowest BCUT2D eigenvalue weighted by Crippen LogP contribution is -2.43. The molecule has 1 atom stereocenters. The molecule has 1 aliphatic rings. The number of esters is 1. The Labute approximate surface area is 247 Å². The van der Waals surface area contributed by atoms with E-state index in [1.54, 1.807) is 0 Å². The molecule has 6 nitrogen and oxygen atoms in total. The van der Waals surface area contributed by atoms with Gasteiger partial charge in [0.2, 0.25) is 0 Å². The molecule has 4 aromatic carbocycles. The first-order chi connectivity index (χ1) is 20.4. The highest BCUT2D eigenvalue weighted by Gasteiger charge is 2.30. The zero-order valence-electron chi connectivity index (χ0n) is 24.3. The highest BCUT2D eigenvalue weighted by Crippen LogP contribution is 2.44. The minimum atomic E-state index is -0.808. The molecule has 1 aliphatic carbocycles. The number of alkyl carbamates (subject to hydrolysis) is 1. The molecule has 0 bridgehead atoms. The average molecular weight is 564 g/mol. The van der Waals surface area contributed by atoms with Gasteiger partial charge in [0.15, 0.2) is 0 Å². The molecule has 42 heavy (non-hydrogen) atoms. The summed E-state index contributed by atoms with van der Waals surface area (Å²) < 4.78 is 17.1. The van der Waals surface area contributed by atoms with Gasteiger partial charge in [0.05, 0.1) is 0 Å². The van der Waals surface area contributed by atoms with Gasteiger partial charge in [0.1, 0.15) is 31.6 Å². The molecule has 5 rings (SSSR count). The fraction of sp³-hybridized carbons (Fsp3) is 0.278. The molecule has 216 valence electrons. The van der Waals surface area contributed by atoms with E-state index < -0.39 is 18.1 Å². The van der Waals surface area contributed by atoms with Gasteiger partial charge < -0.3 is 19.5 Å². The molecule has 6 heteroatoms. The second-order valence-electron chi connectivity index (χ2n) is 11.2. The van der Waals surface area contributed by atoms with Crippen molar-refractivity contribution in [3.05, 3.63) is 125 Å². The number of benzene rings is 4. The summed E-state index contributed by atoms with van der Waals surface area (Å²) in [5.41, 5.74) is 7.73. The molecule has 0 saturated heterocycles. The molecular weight excluding hydrogens is 526 g/mol. The third-order valence-electron chi connectivity index (χ3n) is 7.46. The molecule has 0 radical (unpaired) electrons. The third-order valence-corrected chi connectivity index (χ3v) is 7.46. The van der Waals surface area contributed by atoms with Crippen molar-refractivity contribution in [1.29, 1.82) is 0 Å². The van der Waals surface area contributed by atoms with Gasteiger partial charge in [-0.25, -0.2) is 9.59 Å². The second kappa shape index (κ2) is 13.4. The van der Waals surface area contributed by atoms with Crippen LogP contribution in [-0.2, 0) is 27.5 Å². The largest absolute Gasteiger partial charge is 0.489 e. The van der Waals surface area contributed by atoms with Crippen molar-refractivity contribution in [2.45, 2.75) is 52.4 Å². The summed E-state index contributed by atoms with van der Waals surface area (Å²) in [5.74, 6) is 0.362. The van der Waals surface area contributed by atoms with Crippen LogP contribution in [0.2, 0.25) is 0 Å². The first-order valence-corrected chi connectivity index (χ1v) is 14.4. The lowest BCUT2D eigenvalue weighted by molar-refractivity contribution is -0.147. The van der Waals surface area contributed by atoms with E-state index >= 15 is 0 Å². The van der Waals surface area contributed by atoms with Crippen molar-refractivity contribution >= 4 is 12.1 Å². The van der Waals surface area contributed by atoms with E-state index in [1.807, 2.05) is 74.5 Å². The summed E-state index contributed by atoms with van der Waals surface area (Å²) in [6, 6.07) is 31.2. The van der Waals surface area contributed by atoms with Crippen LogP contribution in [0.25, 0.3) is 11.1 Å². The fourth-order valence-corrected chi connectivity index (χ4v) is 5.26. The van der Waals surface area contributed by atoms with Gasteiger partial charge in [-0.15, -0.1) is 0 Å². The Kier molecular flexibility index (Phi) is 9.22.